The summed E-state index contributed by atoms with van der Waals surface area (Å²) < 4.78 is 11.3. The Kier molecular flexibility index (Phi) is 5.02. The van der Waals surface area contributed by atoms with Crippen LogP contribution in [0.1, 0.15) is 24.4 Å². The number of nitrogens with zero attached hydrogens (tertiary/aromatic N) is 2. The van der Waals surface area contributed by atoms with Crippen molar-refractivity contribution in [3.63, 3.8) is 0 Å². The van der Waals surface area contributed by atoms with Gasteiger partial charge in [0, 0.05) is 11.9 Å². The predicted octanol–water partition coefficient (Wildman–Crippen LogP) is 4.46. The van der Waals surface area contributed by atoms with Crippen LogP contribution in [0.2, 0.25) is 0 Å². The summed E-state index contributed by atoms with van der Waals surface area (Å²) in [7, 11) is 0. The Hall–Kier alpha value is -2.73. The third kappa shape index (κ3) is 3.77. The van der Waals surface area contributed by atoms with E-state index < -0.39 is 0 Å². The van der Waals surface area contributed by atoms with Crippen LogP contribution < -0.4 is 9.47 Å². The molecule has 3 aromatic rings. The summed E-state index contributed by atoms with van der Waals surface area (Å²) >= 11 is 1.50. The molecule has 0 bridgehead atoms. The van der Waals surface area contributed by atoms with Crippen molar-refractivity contribution < 1.29 is 14.3 Å². The van der Waals surface area contributed by atoms with Crippen molar-refractivity contribution in [3.8, 4) is 11.5 Å². The predicted molar refractivity (Wildman–Crippen MR) is 114 cm³/mol. The van der Waals surface area contributed by atoms with E-state index in [4.69, 9.17) is 9.47 Å². The second-order valence-electron chi connectivity index (χ2n) is 7.28. The molecule has 2 aliphatic heterocycles. The number of para-hydroxylation sites is 1. The number of aromatic nitrogens is 1. The molecular formula is C23H22N2O3S. The van der Waals surface area contributed by atoms with Crippen LogP contribution in [0.15, 0.2) is 59.6 Å². The number of thioether (sulfide) groups is 1. The number of likely N-dealkylation sites (tertiary alicyclic amines) is 1. The van der Waals surface area contributed by atoms with E-state index in [9.17, 15) is 4.79 Å². The first-order chi connectivity index (χ1) is 14.3. The van der Waals surface area contributed by atoms with Gasteiger partial charge in [-0.15, -0.1) is 0 Å². The van der Waals surface area contributed by atoms with E-state index in [1.165, 1.54) is 11.8 Å². The zero-order valence-corrected chi connectivity index (χ0v) is 16.9. The molecule has 1 fully saturated rings. The van der Waals surface area contributed by atoms with Gasteiger partial charge >= 0.3 is 0 Å². The largest absolute Gasteiger partial charge is 0.486 e. The summed E-state index contributed by atoms with van der Waals surface area (Å²) in [5.74, 6) is 2.12. The van der Waals surface area contributed by atoms with Crippen LogP contribution in [-0.2, 0) is 4.79 Å². The Bertz CT molecular complexity index is 1060. The lowest BCUT2D eigenvalue weighted by molar-refractivity contribution is -0.129. The third-order valence-corrected chi connectivity index (χ3v) is 6.35. The number of carbonyl (C=O) groups excluding carboxylic acids is 1. The zero-order chi connectivity index (χ0) is 19.6. The van der Waals surface area contributed by atoms with Crippen LogP contribution in [0, 0.1) is 0 Å². The number of rotatable bonds is 4. The first-order valence-corrected chi connectivity index (χ1v) is 10.9. The van der Waals surface area contributed by atoms with Gasteiger partial charge in [0.2, 0.25) is 5.91 Å². The number of fused-ring (bicyclic) bond motifs is 2. The van der Waals surface area contributed by atoms with E-state index in [1.807, 2.05) is 47.4 Å². The smallest absolute Gasteiger partial charge is 0.233 e. The highest BCUT2D eigenvalue weighted by Gasteiger charge is 2.30. The summed E-state index contributed by atoms with van der Waals surface area (Å²) in [6, 6.07) is 18.2. The molecule has 5 rings (SSSR count). The molecule has 0 unspecified atom stereocenters. The van der Waals surface area contributed by atoms with Crippen LogP contribution in [0.25, 0.3) is 10.9 Å². The zero-order valence-electron chi connectivity index (χ0n) is 16.0. The Morgan fingerprint density at radius 3 is 2.86 bits per heavy atom. The van der Waals surface area contributed by atoms with Gasteiger partial charge in [-0.1, -0.05) is 42.1 Å². The molecule has 0 radical (unpaired) electrons. The molecule has 1 aromatic heterocycles. The minimum Gasteiger partial charge on any atom is -0.486 e. The van der Waals surface area contributed by atoms with Crippen LogP contribution in [0.5, 0.6) is 11.5 Å². The Balaban J connectivity index is 1.28. The summed E-state index contributed by atoms with van der Waals surface area (Å²) in [5, 5.41) is 1.99. The van der Waals surface area contributed by atoms with Crippen molar-refractivity contribution in [2.75, 3.05) is 25.5 Å². The second kappa shape index (κ2) is 7.95. The molecule has 1 saturated heterocycles. The lowest BCUT2D eigenvalue weighted by Crippen LogP contribution is -2.32. The standard InChI is InChI=1S/C23H22N2O3S/c26-23(15-29-22-10-8-16-4-1-2-5-18(16)24-22)25-11-3-6-19(25)17-7-9-20-21(14-17)28-13-12-27-20/h1-2,4-5,7-10,14,19H,3,6,11-13,15H2/t19-/m1/s1. The summed E-state index contributed by atoms with van der Waals surface area (Å²) in [5.41, 5.74) is 2.08. The Labute approximate surface area is 174 Å². The molecule has 0 spiro atoms. The molecule has 29 heavy (non-hydrogen) atoms. The summed E-state index contributed by atoms with van der Waals surface area (Å²) in [6.07, 6.45) is 1.99. The Morgan fingerprint density at radius 2 is 1.93 bits per heavy atom. The van der Waals surface area contributed by atoms with E-state index in [0.29, 0.717) is 19.0 Å². The van der Waals surface area contributed by atoms with E-state index in [-0.39, 0.29) is 11.9 Å². The van der Waals surface area contributed by atoms with Crippen molar-refractivity contribution in [2.24, 2.45) is 0 Å². The number of amides is 1. The van der Waals surface area contributed by atoms with Crippen LogP contribution in [0.4, 0.5) is 0 Å². The molecule has 0 saturated carbocycles. The van der Waals surface area contributed by atoms with Gasteiger partial charge in [0.05, 0.1) is 22.3 Å². The van der Waals surface area contributed by atoms with Gasteiger partial charge in [0.1, 0.15) is 13.2 Å². The van der Waals surface area contributed by atoms with Crippen molar-refractivity contribution in [1.82, 2.24) is 9.88 Å². The first-order valence-electron chi connectivity index (χ1n) is 9.95. The highest BCUT2D eigenvalue weighted by Crippen LogP contribution is 2.38. The first kappa shape index (κ1) is 18.3. The van der Waals surface area contributed by atoms with Crippen molar-refractivity contribution >= 4 is 28.6 Å². The fourth-order valence-corrected chi connectivity index (χ4v) is 4.79. The molecule has 0 N–H and O–H groups in total. The third-order valence-electron chi connectivity index (χ3n) is 5.44. The fraction of sp³-hybridized carbons (Fsp3) is 0.304. The molecule has 1 atom stereocenters. The van der Waals surface area contributed by atoms with Crippen LogP contribution in [-0.4, -0.2) is 41.3 Å². The topological polar surface area (TPSA) is 51.7 Å². The van der Waals surface area contributed by atoms with Gasteiger partial charge in [0.15, 0.2) is 11.5 Å². The van der Waals surface area contributed by atoms with Crippen molar-refractivity contribution in [3.05, 3.63) is 60.2 Å². The number of carbonyl (C=O) groups is 1. The monoisotopic (exact) mass is 406 g/mol. The normalized spacial score (nSPS) is 18.2. The second-order valence-corrected chi connectivity index (χ2v) is 8.27. The molecule has 2 aliphatic rings. The van der Waals surface area contributed by atoms with Gasteiger partial charge in [-0.3, -0.25) is 4.79 Å². The quantitative estimate of drug-likeness (QED) is 0.599. The van der Waals surface area contributed by atoms with E-state index in [2.05, 4.69) is 17.1 Å². The number of hydrogen-bond acceptors (Lipinski definition) is 5. The number of hydrogen-bond donors (Lipinski definition) is 0. The molecule has 6 heteroatoms. The van der Waals surface area contributed by atoms with Gasteiger partial charge in [-0.25, -0.2) is 4.98 Å². The van der Waals surface area contributed by atoms with Crippen molar-refractivity contribution in [1.29, 1.82) is 0 Å². The minimum absolute atomic E-state index is 0.100. The lowest BCUT2D eigenvalue weighted by Gasteiger charge is -2.26. The summed E-state index contributed by atoms with van der Waals surface area (Å²) in [4.78, 5) is 19.6. The SMILES string of the molecule is O=C(CSc1ccc2ccccc2n1)N1CCC[C@@H]1c1ccc2c(c1)OCCO2. The highest BCUT2D eigenvalue weighted by atomic mass is 32.2. The molecular weight excluding hydrogens is 384 g/mol. The highest BCUT2D eigenvalue weighted by molar-refractivity contribution is 7.99. The number of ether oxygens (including phenoxy) is 2. The lowest BCUT2D eigenvalue weighted by atomic mass is 10.0. The molecule has 0 aliphatic carbocycles. The Morgan fingerprint density at radius 1 is 1.07 bits per heavy atom. The van der Waals surface area contributed by atoms with Gasteiger partial charge in [-0.05, 0) is 42.7 Å². The van der Waals surface area contributed by atoms with E-state index >= 15 is 0 Å². The van der Waals surface area contributed by atoms with E-state index in [1.54, 1.807) is 0 Å². The van der Waals surface area contributed by atoms with Crippen molar-refractivity contribution in [2.45, 2.75) is 23.9 Å². The average Bonchev–Trinajstić information content (AvgIpc) is 3.27. The van der Waals surface area contributed by atoms with Gasteiger partial charge in [-0.2, -0.15) is 0 Å². The molecule has 2 aromatic carbocycles. The maximum absolute atomic E-state index is 13.0. The van der Waals surface area contributed by atoms with Gasteiger partial charge in [0.25, 0.3) is 0 Å². The number of benzene rings is 2. The number of pyridine rings is 1. The minimum atomic E-state index is 0.100. The molecule has 148 valence electrons. The fourth-order valence-electron chi connectivity index (χ4n) is 4.03. The molecule has 1 amide bonds. The van der Waals surface area contributed by atoms with E-state index in [0.717, 1.165) is 52.4 Å². The maximum atomic E-state index is 13.0. The molecule has 5 nitrogen and oxygen atoms in total. The summed E-state index contributed by atoms with van der Waals surface area (Å²) in [6.45, 7) is 1.95. The molecule has 3 heterocycles. The van der Waals surface area contributed by atoms with Crippen LogP contribution >= 0.6 is 11.8 Å². The van der Waals surface area contributed by atoms with Crippen LogP contribution in [0.3, 0.4) is 0 Å². The maximum Gasteiger partial charge on any atom is 0.233 e. The van der Waals surface area contributed by atoms with Gasteiger partial charge < -0.3 is 14.4 Å². The average molecular weight is 407 g/mol.